The standard InChI is InChI=1S/C17H23NO2/c1-12-6-8-17(20,9-7-12)11-18-16(19)15-10-13-4-2-3-5-14(13)15/h2-5,12,15,20H,6-11H2,1H3,(H,18,19). The molecule has 20 heavy (non-hydrogen) atoms. The van der Waals surface area contributed by atoms with Gasteiger partial charge in [-0.15, -0.1) is 0 Å². The lowest BCUT2D eigenvalue weighted by Crippen LogP contribution is -2.47. The monoisotopic (exact) mass is 273 g/mol. The molecular formula is C17H23NO2. The Morgan fingerprint density at radius 3 is 2.75 bits per heavy atom. The van der Waals surface area contributed by atoms with Crippen LogP contribution in [0, 0.1) is 5.92 Å². The molecule has 1 saturated carbocycles. The van der Waals surface area contributed by atoms with Crippen molar-refractivity contribution in [3.8, 4) is 0 Å². The molecule has 1 aromatic carbocycles. The smallest absolute Gasteiger partial charge is 0.227 e. The Bertz CT molecular complexity index is 503. The van der Waals surface area contributed by atoms with Gasteiger partial charge in [-0.05, 0) is 49.1 Å². The zero-order valence-corrected chi connectivity index (χ0v) is 12.1. The van der Waals surface area contributed by atoms with Crippen LogP contribution >= 0.6 is 0 Å². The molecule has 0 aromatic heterocycles. The fourth-order valence-corrected chi connectivity index (χ4v) is 3.34. The van der Waals surface area contributed by atoms with Gasteiger partial charge in [0.05, 0.1) is 11.5 Å². The van der Waals surface area contributed by atoms with E-state index in [0.717, 1.165) is 37.7 Å². The first-order chi connectivity index (χ1) is 9.57. The van der Waals surface area contributed by atoms with Crippen molar-refractivity contribution in [3.05, 3.63) is 35.4 Å². The summed E-state index contributed by atoms with van der Waals surface area (Å²) in [7, 11) is 0. The van der Waals surface area contributed by atoms with E-state index in [-0.39, 0.29) is 11.8 Å². The fourth-order valence-electron chi connectivity index (χ4n) is 3.34. The van der Waals surface area contributed by atoms with Crippen molar-refractivity contribution < 1.29 is 9.90 Å². The molecule has 2 N–H and O–H groups in total. The number of hydrogen-bond acceptors (Lipinski definition) is 2. The van der Waals surface area contributed by atoms with Gasteiger partial charge < -0.3 is 10.4 Å². The number of rotatable bonds is 3. The van der Waals surface area contributed by atoms with Crippen LogP contribution in [0.3, 0.4) is 0 Å². The Labute approximate surface area is 120 Å². The molecule has 1 unspecified atom stereocenters. The Balaban J connectivity index is 1.54. The molecule has 0 bridgehead atoms. The van der Waals surface area contributed by atoms with Gasteiger partial charge in [0.15, 0.2) is 0 Å². The summed E-state index contributed by atoms with van der Waals surface area (Å²) in [5.74, 6) is 0.748. The molecule has 0 spiro atoms. The van der Waals surface area contributed by atoms with Crippen molar-refractivity contribution >= 4 is 5.91 Å². The average Bonchev–Trinajstić information content (AvgIpc) is 2.42. The highest BCUT2D eigenvalue weighted by Crippen LogP contribution is 2.35. The summed E-state index contributed by atoms with van der Waals surface area (Å²) in [4.78, 5) is 12.2. The maximum Gasteiger partial charge on any atom is 0.227 e. The zero-order chi connectivity index (χ0) is 14.2. The predicted octanol–water partition coefficient (Wildman–Crippen LogP) is 2.38. The lowest BCUT2D eigenvalue weighted by atomic mass is 9.76. The maximum atomic E-state index is 12.2. The molecule has 0 aliphatic heterocycles. The van der Waals surface area contributed by atoms with Crippen LogP contribution in [0.1, 0.15) is 49.7 Å². The summed E-state index contributed by atoms with van der Waals surface area (Å²) < 4.78 is 0. The van der Waals surface area contributed by atoms with Crippen LogP contribution in [0.5, 0.6) is 0 Å². The summed E-state index contributed by atoms with van der Waals surface area (Å²) in [6, 6.07) is 8.10. The molecule has 1 aromatic rings. The first-order valence-corrected chi connectivity index (χ1v) is 7.65. The first kappa shape index (κ1) is 13.6. The molecule has 2 aliphatic rings. The van der Waals surface area contributed by atoms with Gasteiger partial charge in [-0.2, -0.15) is 0 Å². The molecular weight excluding hydrogens is 250 g/mol. The molecule has 0 heterocycles. The number of aliphatic hydroxyl groups is 1. The number of carbonyl (C=O) groups is 1. The van der Waals surface area contributed by atoms with Gasteiger partial charge in [-0.25, -0.2) is 0 Å². The van der Waals surface area contributed by atoms with E-state index >= 15 is 0 Å². The summed E-state index contributed by atoms with van der Waals surface area (Å²) >= 11 is 0. The average molecular weight is 273 g/mol. The lowest BCUT2D eigenvalue weighted by Gasteiger charge is -2.36. The van der Waals surface area contributed by atoms with E-state index in [1.54, 1.807) is 0 Å². The zero-order valence-electron chi connectivity index (χ0n) is 12.1. The highest BCUT2D eigenvalue weighted by Gasteiger charge is 2.35. The van der Waals surface area contributed by atoms with Crippen LogP contribution in [0.4, 0.5) is 0 Å². The van der Waals surface area contributed by atoms with Crippen molar-refractivity contribution in [2.24, 2.45) is 5.92 Å². The Morgan fingerprint density at radius 1 is 1.35 bits per heavy atom. The lowest BCUT2D eigenvalue weighted by molar-refractivity contribution is -0.124. The van der Waals surface area contributed by atoms with E-state index in [9.17, 15) is 9.90 Å². The topological polar surface area (TPSA) is 49.3 Å². The normalized spacial score (nSPS) is 32.1. The van der Waals surface area contributed by atoms with E-state index in [1.165, 1.54) is 5.56 Å². The van der Waals surface area contributed by atoms with Crippen LogP contribution in [0.2, 0.25) is 0 Å². The molecule has 1 fully saturated rings. The quantitative estimate of drug-likeness (QED) is 0.888. The van der Waals surface area contributed by atoms with Gasteiger partial charge in [0.2, 0.25) is 5.91 Å². The Hall–Kier alpha value is -1.35. The minimum Gasteiger partial charge on any atom is -0.388 e. The number of nitrogens with one attached hydrogen (secondary N) is 1. The van der Waals surface area contributed by atoms with Crippen molar-refractivity contribution in [2.45, 2.75) is 50.5 Å². The van der Waals surface area contributed by atoms with Gasteiger partial charge in [0.1, 0.15) is 0 Å². The second kappa shape index (κ2) is 5.21. The van der Waals surface area contributed by atoms with E-state index in [0.29, 0.717) is 12.5 Å². The number of benzene rings is 1. The van der Waals surface area contributed by atoms with Gasteiger partial charge in [0.25, 0.3) is 0 Å². The van der Waals surface area contributed by atoms with E-state index in [1.807, 2.05) is 18.2 Å². The van der Waals surface area contributed by atoms with Gasteiger partial charge in [-0.3, -0.25) is 4.79 Å². The Kier molecular flexibility index (Phi) is 3.55. The molecule has 0 radical (unpaired) electrons. The molecule has 2 aliphatic carbocycles. The Morgan fingerprint density at radius 2 is 2.05 bits per heavy atom. The maximum absolute atomic E-state index is 12.2. The molecule has 1 amide bonds. The summed E-state index contributed by atoms with van der Waals surface area (Å²) in [6.07, 6.45) is 4.54. The molecule has 108 valence electrons. The van der Waals surface area contributed by atoms with Crippen LogP contribution in [-0.4, -0.2) is 23.2 Å². The van der Waals surface area contributed by atoms with Gasteiger partial charge in [-0.1, -0.05) is 31.2 Å². The molecule has 3 heteroatoms. The van der Waals surface area contributed by atoms with Crippen molar-refractivity contribution in [1.82, 2.24) is 5.32 Å². The highest BCUT2D eigenvalue weighted by atomic mass is 16.3. The third-order valence-electron chi connectivity index (χ3n) is 4.97. The minimum atomic E-state index is -0.689. The summed E-state index contributed by atoms with van der Waals surface area (Å²) in [5.41, 5.74) is 1.73. The number of hydrogen-bond donors (Lipinski definition) is 2. The summed E-state index contributed by atoms with van der Waals surface area (Å²) in [5, 5.41) is 13.5. The van der Waals surface area contributed by atoms with Crippen LogP contribution in [0.25, 0.3) is 0 Å². The van der Waals surface area contributed by atoms with Gasteiger partial charge in [0, 0.05) is 6.54 Å². The number of carbonyl (C=O) groups excluding carboxylic acids is 1. The fraction of sp³-hybridized carbons (Fsp3) is 0.588. The highest BCUT2D eigenvalue weighted by molar-refractivity contribution is 5.86. The molecule has 1 atom stereocenters. The third-order valence-corrected chi connectivity index (χ3v) is 4.97. The van der Waals surface area contributed by atoms with Crippen LogP contribution in [-0.2, 0) is 11.2 Å². The summed E-state index contributed by atoms with van der Waals surface area (Å²) in [6.45, 7) is 2.63. The first-order valence-electron chi connectivity index (χ1n) is 7.65. The number of fused-ring (bicyclic) bond motifs is 1. The second-order valence-electron chi connectivity index (χ2n) is 6.58. The predicted molar refractivity (Wildman–Crippen MR) is 78.5 cm³/mol. The van der Waals surface area contributed by atoms with Gasteiger partial charge >= 0.3 is 0 Å². The van der Waals surface area contributed by atoms with Crippen molar-refractivity contribution in [3.63, 3.8) is 0 Å². The van der Waals surface area contributed by atoms with E-state index in [4.69, 9.17) is 0 Å². The second-order valence-corrected chi connectivity index (χ2v) is 6.58. The largest absolute Gasteiger partial charge is 0.388 e. The van der Waals surface area contributed by atoms with E-state index in [2.05, 4.69) is 18.3 Å². The number of amides is 1. The SMILES string of the molecule is CC1CCC(O)(CNC(=O)C2Cc3ccccc32)CC1. The van der Waals surface area contributed by atoms with Crippen LogP contribution < -0.4 is 5.32 Å². The minimum absolute atomic E-state index is 0.0164. The third kappa shape index (κ3) is 2.59. The molecule has 3 nitrogen and oxygen atoms in total. The molecule has 0 saturated heterocycles. The molecule has 3 rings (SSSR count). The van der Waals surface area contributed by atoms with Crippen LogP contribution in [0.15, 0.2) is 24.3 Å². The van der Waals surface area contributed by atoms with Crippen molar-refractivity contribution in [1.29, 1.82) is 0 Å². The van der Waals surface area contributed by atoms with E-state index < -0.39 is 5.60 Å². The van der Waals surface area contributed by atoms with Crippen molar-refractivity contribution in [2.75, 3.05) is 6.54 Å².